The van der Waals surface area contributed by atoms with Crippen LogP contribution in [-0.4, -0.2) is 0 Å². The van der Waals surface area contributed by atoms with Gasteiger partial charge in [0.2, 0.25) is 0 Å². The Balaban J connectivity index is 1.26. The molecule has 6 aromatic rings. The summed E-state index contributed by atoms with van der Waals surface area (Å²) < 4.78 is 0. The molecule has 4 aliphatic carbocycles. The highest BCUT2D eigenvalue weighted by atomic mass is 32.1. The number of hydrogen-bond acceptors (Lipinski definition) is 2. The van der Waals surface area contributed by atoms with Crippen LogP contribution in [-0.2, 0) is 0 Å². The number of benzene rings is 4. The van der Waals surface area contributed by atoms with Gasteiger partial charge < -0.3 is 0 Å². The van der Waals surface area contributed by atoms with E-state index in [-0.39, 0.29) is 23.7 Å². The summed E-state index contributed by atoms with van der Waals surface area (Å²) >= 11 is 3.84. The summed E-state index contributed by atoms with van der Waals surface area (Å²) in [5.74, 6) is -0.198. The lowest BCUT2D eigenvalue weighted by Crippen LogP contribution is -2.07. The van der Waals surface area contributed by atoms with E-state index in [1.165, 1.54) is 97.5 Å². The first-order valence-corrected chi connectivity index (χ1v) is 23.2. The van der Waals surface area contributed by atoms with Gasteiger partial charge in [0.05, 0.1) is 23.7 Å². The Kier molecular flexibility index (Phi) is 9.66. The lowest BCUT2D eigenvalue weighted by atomic mass is 9.82. The van der Waals surface area contributed by atoms with Crippen LogP contribution in [0.2, 0.25) is 0 Å². The second kappa shape index (κ2) is 15.7. The van der Waals surface area contributed by atoms with E-state index in [9.17, 15) is 0 Å². The van der Waals surface area contributed by atoms with Crippen LogP contribution >= 0.6 is 22.7 Å². The number of allylic oxidation sites excluding steroid dienone is 12. The van der Waals surface area contributed by atoms with Crippen molar-refractivity contribution in [1.29, 1.82) is 0 Å². The summed E-state index contributed by atoms with van der Waals surface area (Å²) in [5.41, 5.74) is 35.4. The highest BCUT2D eigenvalue weighted by molar-refractivity contribution is 7.12. The molecule has 4 aromatic carbocycles. The first kappa shape index (κ1) is 38.3. The molecule has 0 saturated heterocycles. The molecule has 0 spiro atoms. The minimum Gasteiger partial charge on any atom is -0.143 e. The van der Waals surface area contributed by atoms with Crippen molar-refractivity contribution >= 4 is 22.7 Å². The number of fused-ring (bicyclic) bond motifs is 10. The van der Waals surface area contributed by atoms with Gasteiger partial charge in [0.25, 0.3) is 0 Å². The number of thiophene rings is 2. The summed E-state index contributed by atoms with van der Waals surface area (Å²) in [6, 6.07) is 46.1. The Bertz CT molecular complexity index is 3000. The van der Waals surface area contributed by atoms with E-state index in [0.29, 0.717) is 0 Å². The van der Waals surface area contributed by atoms with Crippen molar-refractivity contribution in [2.75, 3.05) is 0 Å². The summed E-state index contributed by atoms with van der Waals surface area (Å²) in [4.78, 5) is 5.17. The molecular weight excluding hydrogens is 785 g/mol. The number of rotatable bonds is 4. The molecule has 296 valence electrons. The second-order valence-electron chi connectivity index (χ2n) is 17.1. The maximum atomic E-state index is 4.21. The molecule has 4 unspecified atom stereocenters. The first-order valence-electron chi connectivity index (χ1n) is 21.5. The largest absolute Gasteiger partial charge is 0.143 e. The monoisotopic (exact) mass is 828 g/mol. The van der Waals surface area contributed by atoms with Gasteiger partial charge >= 0.3 is 0 Å². The third kappa shape index (κ3) is 6.73. The average Bonchev–Trinajstić information content (AvgIpc) is 4.02. The van der Waals surface area contributed by atoms with E-state index < -0.39 is 0 Å². The fourth-order valence-electron chi connectivity index (χ4n) is 9.62. The quantitative estimate of drug-likeness (QED) is 0.155. The predicted octanol–water partition coefficient (Wildman–Crippen LogP) is 15.4. The Hall–Kier alpha value is -6.68. The van der Waals surface area contributed by atoms with Crippen LogP contribution in [0, 0.1) is 27.7 Å². The van der Waals surface area contributed by atoms with Crippen LogP contribution in [0.3, 0.4) is 0 Å². The van der Waals surface area contributed by atoms with Gasteiger partial charge in [-0.3, -0.25) is 0 Å². The van der Waals surface area contributed by atoms with E-state index in [1.54, 1.807) is 0 Å². The van der Waals surface area contributed by atoms with Crippen LogP contribution in [0.4, 0.5) is 0 Å². The maximum Gasteiger partial charge on any atom is 0.0519 e. The zero-order valence-corrected chi connectivity index (χ0v) is 36.9. The molecule has 0 saturated carbocycles. The summed E-state index contributed by atoms with van der Waals surface area (Å²) in [5, 5.41) is 0. The van der Waals surface area contributed by atoms with E-state index >= 15 is 0 Å². The normalized spacial score (nSPS) is 20.7. The van der Waals surface area contributed by atoms with Gasteiger partial charge in [-0.15, -0.1) is 45.6 Å². The Morgan fingerprint density at radius 1 is 0.339 bits per heavy atom. The van der Waals surface area contributed by atoms with Gasteiger partial charge in [-0.2, -0.15) is 0 Å². The topological polar surface area (TPSA) is 0 Å². The SMILES string of the molecule is Cc1ccc(C2C3=C=C(C4=CC=CC=C=C34)C(c3ccc(C)cc3)c3ccc(s3)C(c3ccc(C)cc3)C3=C=C(C4=C=CC=CC=C43)C(c3ccc(C)cc3)c3ccc2s3)cc1. The fourth-order valence-corrected chi connectivity index (χ4v) is 12.2. The van der Waals surface area contributed by atoms with Crippen LogP contribution in [0.15, 0.2) is 237 Å². The van der Waals surface area contributed by atoms with Crippen LogP contribution in [0.25, 0.3) is 0 Å². The molecule has 0 radical (unpaired) electrons. The molecule has 62 heavy (non-hydrogen) atoms. The molecule has 0 nitrogen and oxygen atoms in total. The standard InChI is InChI=1S/C60H44S2/c1-37-15-23-41(24-16-37)57-49-35-50(46-12-8-5-7-11-45(46)49)58(42-25-17-38(2)18-26-42)55-33-34-56(62-55)60(44-29-21-40(4)22-30-44)52-36-51(47-13-9-6-10-14-48(47)52)59(54-32-31-53(57)61-54)43-27-19-39(3)20-28-43/h5-11,13,15-34,57-60H,1-4H3. The van der Waals surface area contributed by atoms with Gasteiger partial charge in [0.15, 0.2) is 0 Å². The van der Waals surface area contributed by atoms with Crippen LogP contribution < -0.4 is 0 Å². The van der Waals surface area contributed by atoms with Gasteiger partial charge in [-0.05, 0) is 86.4 Å². The van der Waals surface area contributed by atoms with Crippen molar-refractivity contribution in [1.82, 2.24) is 0 Å². The minimum atomic E-state index is -0.0559. The first-order chi connectivity index (χ1) is 30.4. The van der Waals surface area contributed by atoms with Gasteiger partial charge in [-0.25, -0.2) is 0 Å². The van der Waals surface area contributed by atoms with E-state index in [1.807, 2.05) is 22.7 Å². The Morgan fingerprint density at radius 2 is 0.629 bits per heavy atom. The van der Waals surface area contributed by atoms with Gasteiger partial charge in [0, 0.05) is 64.1 Å². The molecular formula is C60H44S2. The lowest BCUT2D eigenvalue weighted by molar-refractivity contribution is 0.989. The van der Waals surface area contributed by atoms with Crippen molar-refractivity contribution in [3.63, 3.8) is 0 Å². The van der Waals surface area contributed by atoms with Crippen molar-refractivity contribution in [3.8, 4) is 0 Å². The predicted molar refractivity (Wildman–Crippen MR) is 259 cm³/mol. The van der Waals surface area contributed by atoms with Crippen molar-refractivity contribution in [3.05, 3.63) is 301 Å². The summed E-state index contributed by atoms with van der Waals surface area (Å²) in [6.45, 7) is 8.69. The smallest absolute Gasteiger partial charge is 0.0519 e. The van der Waals surface area contributed by atoms with E-state index in [4.69, 9.17) is 0 Å². The number of hydrogen-bond donors (Lipinski definition) is 0. The molecule has 2 heteroatoms. The van der Waals surface area contributed by atoms with E-state index in [0.717, 1.165) is 11.1 Å². The molecule has 5 aliphatic rings. The molecule has 3 heterocycles. The third-order valence-corrected chi connectivity index (χ3v) is 15.3. The summed E-state index contributed by atoms with van der Waals surface area (Å²) in [6.07, 6.45) is 17.3. The van der Waals surface area contributed by atoms with Gasteiger partial charge in [0.1, 0.15) is 0 Å². The van der Waals surface area contributed by atoms with Crippen molar-refractivity contribution < 1.29 is 0 Å². The highest BCUT2D eigenvalue weighted by Crippen LogP contribution is 2.55. The lowest BCUT2D eigenvalue weighted by Gasteiger charge is -2.22. The second-order valence-corrected chi connectivity index (χ2v) is 19.4. The zero-order chi connectivity index (χ0) is 41.9. The van der Waals surface area contributed by atoms with Gasteiger partial charge in [-0.1, -0.05) is 156 Å². The molecule has 0 amide bonds. The Labute approximate surface area is 373 Å². The molecule has 11 rings (SSSR count). The summed E-state index contributed by atoms with van der Waals surface area (Å²) in [7, 11) is 0. The average molecular weight is 829 g/mol. The van der Waals surface area contributed by atoms with E-state index in [2.05, 4.69) is 221 Å². The van der Waals surface area contributed by atoms with Crippen molar-refractivity contribution in [2.24, 2.45) is 0 Å². The number of aryl methyl sites for hydroxylation is 4. The molecule has 0 fully saturated rings. The van der Waals surface area contributed by atoms with Crippen LogP contribution in [0.1, 0.15) is 87.7 Å². The molecule has 2 aromatic heterocycles. The molecule has 0 N–H and O–H groups in total. The molecule has 1 aliphatic heterocycles. The maximum absolute atomic E-state index is 4.21. The highest BCUT2D eigenvalue weighted by Gasteiger charge is 2.39. The van der Waals surface area contributed by atoms with Crippen LogP contribution in [0.5, 0.6) is 0 Å². The fraction of sp³-hybridized carbons (Fsp3) is 0.133. The minimum absolute atomic E-state index is 0.0430. The molecule has 8 bridgehead atoms. The third-order valence-electron chi connectivity index (χ3n) is 12.8. The molecule has 4 atom stereocenters. The Morgan fingerprint density at radius 3 is 0.935 bits per heavy atom. The van der Waals surface area contributed by atoms with Crippen molar-refractivity contribution in [2.45, 2.75) is 51.4 Å². The zero-order valence-electron chi connectivity index (χ0n) is 35.3.